The molecule has 6 heteroatoms. The topological polar surface area (TPSA) is 65.0 Å². The third-order valence-electron chi connectivity index (χ3n) is 4.76. The van der Waals surface area contributed by atoms with Crippen LogP contribution in [0.15, 0.2) is 0 Å². The highest BCUT2D eigenvalue weighted by Gasteiger charge is 2.34. The van der Waals surface area contributed by atoms with E-state index in [-0.39, 0.29) is 0 Å². The number of likely N-dealkylation sites (tertiary alicyclic amines) is 1. The van der Waals surface area contributed by atoms with Crippen LogP contribution in [0.1, 0.15) is 19.8 Å². The van der Waals surface area contributed by atoms with Crippen LogP contribution in [0.5, 0.6) is 0 Å². The number of hydrogen-bond acceptors (Lipinski definition) is 5. The summed E-state index contributed by atoms with van der Waals surface area (Å²) in [5, 5.41) is 12.2. The molecule has 0 aromatic heterocycles. The van der Waals surface area contributed by atoms with E-state index >= 15 is 0 Å². The molecule has 0 spiro atoms. The maximum Gasteiger partial charge on any atom is 0.323 e. The monoisotopic (exact) mass is 285 g/mol. The largest absolute Gasteiger partial charge is 0.480 e. The van der Waals surface area contributed by atoms with E-state index in [0.717, 1.165) is 45.9 Å². The second kappa shape index (κ2) is 6.85. The maximum atomic E-state index is 11.3. The summed E-state index contributed by atoms with van der Waals surface area (Å²) in [6.07, 6.45) is 1.82. The highest BCUT2D eigenvalue weighted by molar-refractivity contribution is 5.78. The number of nitrogens with one attached hydrogen (secondary N) is 1. The first kappa shape index (κ1) is 15.7. The van der Waals surface area contributed by atoms with E-state index in [9.17, 15) is 9.90 Å². The molecule has 116 valence electrons. The number of carboxylic acids is 1. The van der Waals surface area contributed by atoms with Gasteiger partial charge in [0.25, 0.3) is 0 Å². The molecule has 0 saturated carbocycles. The Balaban J connectivity index is 1.77. The van der Waals surface area contributed by atoms with Gasteiger partial charge >= 0.3 is 5.97 Å². The average molecular weight is 285 g/mol. The normalized spacial score (nSPS) is 28.4. The third-order valence-corrected chi connectivity index (χ3v) is 4.76. The van der Waals surface area contributed by atoms with Gasteiger partial charge in [0.05, 0.1) is 13.2 Å². The van der Waals surface area contributed by atoms with Crippen molar-refractivity contribution < 1.29 is 14.6 Å². The lowest BCUT2D eigenvalue weighted by molar-refractivity contribution is -0.144. The number of carbonyl (C=O) groups is 1. The molecule has 2 aliphatic heterocycles. The van der Waals surface area contributed by atoms with Gasteiger partial charge < -0.3 is 20.1 Å². The second-order valence-corrected chi connectivity index (χ2v) is 6.03. The van der Waals surface area contributed by atoms with Crippen molar-refractivity contribution >= 4 is 5.97 Å². The van der Waals surface area contributed by atoms with Gasteiger partial charge in [0.2, 0.25) is 0 Å². The zero-order valence-corrected chi connectivity index (χ0v) is 12.6. The van der Waals surface area contributed by atoms with E-state index < -0.39 is 11.5 Å². The molecule has 0 aliphatic carbocycles. The van der Waals surface area contributed by atoms with Crippen LogP contribution in [0.25, 0.3) is 0 Å². The molecule has 0 amide bonds. The fourth-order valence-corrected chi connectivity index (χ4v) is 2.98. The van der Waals surface area contributed by atoms with E-state index in [2.05, 4.69) is 15.1 Å². The van der Waals surface area contributed by atoms with Crippen LogP contribution in [0.3, 0.4) is 0 Å². The first-order valence-electron chi connectivity index (χ1n) is 7.51. The van der Waals surface area contributed by atoms with Gasteiger partial charge in [0, 0.05) is 32.2 Å². The summed E-state index contributed by atoms with van der Waals surface area (Å²) in [5.41, 5.74) is -0.822. The van der Waals surface area contributed by atoms with Crippen molar-refractivity contribution in [1.29, 1.82) is 0 Å². The lowest BCUT2D eigenvalue weighted by Gasteiger charge is -2.32. The fraction of sp³-hybridized carbons (Fsp3) is 0.929. The van der Waals surface area contributed by atoms with E-state index in [1.165, 1.54) is 6.42 Å². The van der Waals surface area contributed by atoms with Gasteiger partial charge in [-0.3, -0.25) is 9.69 Å². The van der Waals surface area contributed by atoms with Gasteiger partial charge in [0.15, 0.2) is 0 Å². The molecule has 2 rings (SSSR count). The van der Waals surface area contributed by atoms with E-state index in [0.29, 0.717) is 12.5 Å². The van der Waals surface area contributed by atoms with Crippen LogP contribution in [-0.4, -0.2) is 85.4 Å². The van der Waals surface area contributed by atoms with Crippen molar-refractivity contribution in [2.75, 3.05) is 53.0 Å². The summed E-state index contributed by atoms with van der Waals surface area (Å²) in [5.74, 6) is -0.774. The van der Waals surface area contributed by atoms with Crippen molar-refractivity contribution in [3.05, 3.63) is 0 Å². The number of aliphatic carboxylic acids is 1. The number of carboxylic acid groups (broad SMARTS) is 1. The Bertz CT molecular complexity index is 334. The van der Waals surface area contributed by atoms with Gasteiger partial charge in [-0.05, 0) is 33.4 Å². The third kappa shape index (κ3) is 3.69. The van der Waals surface area contributed by atoms with Gasteiger partial charge in [-0.15, -0.1) is 0 Å². The standard InChI is InChI=1S/C14H27N3O3/c1-14(15-2,13(18)19)4-6-16-5-3-12(11-16)17-7-9-20-10-8-17/h12,15H,3-11H2,1-2H3,(H,18,19). The van der Waals surface area contributed by atoms with Crippen LogP contribution in [0, 0.1) is 0 Å². The summed E-state index contributed by atoms with van der Waals surface area (Å²) in [7, 11) is 1.72. The van der Waals surface area contributed by atoms with Crippen molar-refractivity contribution in [3.8, 4) is 0 Å². The molecule has 2 fully saturated rings. The molecular weight excluding hydrogens is 258 g/mol. The van der Waals surface area contributed by atoms with Crippen molar-refractivity contribution in [1.82, 2.24) is 15.1 Å². The van der Waals surface area contributed by atoms with E-state index in [1.54, 1.807) is 14.0 Å². The Morgan fingerprint density at radius 2 is 2.10 bits per heavy atom. The van der Waals surface area contributed by atoms with Gasteiger partial charge in [-0.1, -0.05) is 0 Å². The molecule has 2 unspecified atom stereocenters. The lowest BCUT2D eigenvalue weighted by Crippen LogP contribution is -2.50. The number of nitrogens with zero attached hydrogens (tertiary/aromatic N) is 2. The van der Waals surface area contributed by atoms with Gasteiger partial charge in [-0.2, -0.15) is 0 Å². The molecule has 0 aromatic rings. The lowest BCUT2D eigenvalue weighted by atomic mass is 9.98. The number of hydrogen-bond donors (Lipinski definition) is 2. The Labute approximate surface area is 121 Å². The molecule has 2 N–H and O–H groups in total. The first-order valence-corrected chi connectivity index (χ1v) is 7.51. The molecule has 2 heterocycles. The van der Waals surface area contributed by atoms with Gasteiger partial charge in [-0.25, -0.2) is 0 Å². The Kier molecular flexibility index (Phi) is 5.37. The molecule has 6 nitrogen and oxygen atoms in total. The second-order valence-electron chi connectivity index (χ2n) is 6.03. The van der Waals surface area contributed by atoms with Crippen molar-refractivity contribution in [2.24, 2.45) is 0 Å². The van der Waals surface area contributed by atoms with Crippen LogP contribution in [0.2, 0.25) is 0 Å². The SMILES string of the molecule is CNC(C)(CCN1CCC(N2CCOCC2)C1)C(=O)O. The number of morpholine rings is 1. The summed E-state index contributed by atoms with van der Waals surface area (Å²) in [6.45, 7) is 8.46. The Morgan fingerprint density at radius 1 is 1.40 bits per heavy atom. The Hall–Kier alpha value is -0.690. The first-order chi connectivity index (χ1) is 9.55. The number of rotatable bonds is 6. The van der Waals surface area contributed by atoms with E-state index in [1.807, 2.05) is 0 Å². The highest BCUT2D eigenvalue weighted by atomic mass is 16.5. The predicted octanol–water partition coefficient (Wildman–Crippen LogP) is -0.154. The summed E-state index contributed by atoms with van der Waals surface area (Å²) in [4.78, 5) is 16.2. The van der Waals surface area contributed by atoms with Crippen molar-refractivity contribution in [2.45, 2.75) is 31.3 Å². The molecule has 0 aromatic carbocycles. The molecule has 0 bridgehead atoms. The minimum Gasteiger partial charge on any atom is -0.480 e. The molecule has 2 aliphatic rings. The summed E-state index contributed by atoms with van der Waals surface area (Å²) < 4.78 is 5.39. The minimum absolute atomic E-state index is 0.615. The fourth-order valence-electron chi connectivity index (χ4n) is 2.98. The van der Waals surface area contributed by atoms with Crippen molar-refractivity contribution in [3.63, 3.8) is 0 Å². The molecule has 2 saturated heterocycles. The molecule has 20 heavy (non-hydrogen) atoms. The zero-order valence-electron chi connectivity index (χ0n) is 12.6. The maximum absolute atomic E-state index is 11.3. The van der Waals surface area contributed by atoms with Crippen LogP contribution in [-0.2, 0) is 9.53 Å². The van der Waals surface area contributed by atoms with Crippen LogP contribution in [0.4, 0.5) is 0 Å². The summed E-state index contributed by atoms with van der Waals surface area (Å²) >= 11 is 0. The van der Waals surface area contributed by atoms with E-state index in [4.69, 9.17) is 4.74 Å². The molecule has 0 radical (unpaired) electrons. The minimum atomic E-state index is -0.822. The number of likely N-dealkylation sites (N-methyl/N-ethyl adjacent to an activating group) is 1. The smallest absolute Gasteiger partial charge is 0.323 e. The van der Waals surface area contributed by atoms with Gasteiger partial charge in [0.1, 0.15) is 5.54 Å². The average Bonchev–Trinajstić information content (AvgIpc) is 2.94. The number of ether oxygens (including phenoxy) is 1. The van der Waals surface area contributed by atoms with Crippen LogP contribution < -0.4 is 5.32 Å². The molecule has 2 atom stereocenters. The predicted molar refractivity (Wildman–Crippen MR) is 77.0 cm³/mol. The summed E-state index contributed by atoms with van der Waals surface area (Å²) in [6, 6.07) is 0.615. The quantitative estimate of drug-likeness (QED) is 0.707. The zero-order chi connectivity index (χ0) is 14.6. The molecular formula is C14H27N3O3. The highest BCUT2D eigenvalue weighted by Crippen LogP contribution is 2.19. The van der Waals surface area contributed by atoms with Crippen LogP contribution >= 0.6 is 0 Å². The Morgan fingerprint density at radius 3 is 2.70 bits per heavy atom.